The van der Waals surface area contributed by atoms with E-state index in [1.165, 1.54) is 4.88 Å². The van der Waals surface area contributed by atoms with Gasteiger partial charge < -0.3 is 10.1 Å². The van der Waals surface area contributed by atoms with Gasteiger partial charge in [-0.3, -0.25) is 0 Å². The summed E-state index contributed by atoms with van der Waals surface area (Å²) >= 11 is 1.79. The minimum absolute atomic E-state index is 0.0635. The molecule has 3 heteroatoms. The molecule has 0 amide bonds. The van der Waals surface area contributed by atoms with E-state index in [0.717, 1.165) is 19.6 Å². The number of ether oxygens (including phenoxy) is 1. The summed E-state index contributed by atoms with van der Waals surface area (Å²) in [7, 11) is 1.95. The van der Waals surface area contributed by atoms with Gasteiger partial charge in [-0.25, -0.2) is 0 Å². The summed E-state index contributed by atoms with van der Waals surface area (Å²) in [6.45, 7) is 5.91. The largest absolute Gasteiger partial charge is 0.374 e. The third-order valence-corrected chi connectivity index (χ3v) is 2.96. The molecule has 0 aliphatic rings. The minimum Gasteiger partial charge on any atom is -0.374 e. The predicted molar refractivity (Wildman–Crippen MR) is 62.0 cm³/mol. The molecule has 1 N–H and O–H groups in total. The molecule has 0 fully saturated rings. The standard InChI is InChI=1S/C11H19NOS/c1-11(2,9-12-3)13-7-6-10-5-4-8-14-10/h4-5,8,12H,6-7,9H2,1-3H3. The zero-order chi connectivity index (χ0) is 10.4. The van der Waals surface area contributed by atoms with Gasteiger partial charge in [-0.2, -0.15) is 0 Å². The van der Waals surface area contributed by atoms with Gasteiger partial charge in [0.1, 0.15) is 0 Å². The molecule has 0 aromatic carbocycles. The Labute approximate surface area is 90.3 Å². The number of thiophene rings is 1. The highest BCUT2D eigenvalue weighted by Gasteiger charge is 2.16. The molecule has 14 heavy (non-hydrogen) atoms. The Morgan fingerprint density at radius 2 is 2.29 bits per heavy atom. The maximum Gasteiger partial charge on any atom is 0.0750 e. The van der Waals surface area contributed by atoms with Crippen LogP contribution in [0, 0.1) is 0 Å². The summed E-state index contributed by atoms with van der Waals surface area (Å²) in [5.74, 6) is 0. The van der Waals surface area contributed by atoms with E-state index in [9.17, 15) is 0 Å². The third-order valence-electron chi connectivity index (χ3n) is 2.02. The average Bonchev–Trinajstić information content (AvgIpc) is 2.56. The molecule has 1 aromatic rings. The van der Waals surface area contributed by atoms with Crippen molar-refractivity contribution in [3.8, 4) is 0 Å². The second kappa shape index (κ2) is 5.49. The fourth-order valence-electron chi connectivity index (χ4n) is 1.36. The van der Waals surface area contributed by atoms with E-state index in [1.54, 1.807) is 11.3 Å². The summed E-state index contributed by atoms with van der Waals surface area (Å²) in [6, 6.07) is 4.23. The Hall–Kier alpha value is -0.380. The van der Waals surface area contributed by atoms with Gasteiger partial charge in [0.25, 0.3) is 0 Å². The summed E-state index contributed by atoms with van der Waals surface area (Å²) in [4.78, 5) is 1.39. The molecule has 0 aliphatic heterocycles. The third kappa shape index (κ3) is 4.22. The molecule has 0 atom stereocenters. The second-order valence-corrected chi connectivity index (χ2v) is 5.00. The molecule has 0 unspecified atom stereocenters. The Morgan fingerprint density at radius 1 is 1.50 bits per heavy atom. The minimum atomic E-state index is -0.0635. The molecule has 0 saturated heterocycles. The molecule has 80 valence electrons. The smallest absolute Gasteiger partial charge is 0.0750 e. The van der Waals surface area contributed by atoms with Crippen LogP contribution in [0.5, 0.6) is 0 Å². The van der Waals surface area contributed by atoms with Gasteiger partial charge in [0, 0.05) is 17.8 Å². The number of hydrogen-bond donors (Lipinski definition) is 1. The quantitative estimate of drug-likeness (QED) is 0.783. The molecular formula is C11H19NOS. The van der Waals surface area contributed by atoms with Crippen molar-refractivity contribution in [1.29, 1.82) is 0 Å². The zero-order valence-electron chi connectivity index (χ0n) is 9.17. The normalized spacial score (nSPS) is 11.9. The summed E-state index contributed by atoms with van der Waals surface area (Å²) in [5.41, 5.74) is -0.0635. The van der Waals surface area contributed by atoms with Crippen molar-refractivity contribution in [2.24, 2.45) is 0 Å². The fourth-order valence-corrected chi connectivity index (χ4v) is 2.05. The highest BCUT2D eigenvalue weighted by Crippen LogP contribution is 2.12. The van der Waals surface area contributed by atoms with Crippen molar-refractivity contribution in [3.63, 3.8) is 0 Å². The lowest BCUT2D eigenvalue weighted by Crippen LogP contribution is -2.36. The Kier molecular flexibility index (Phi) is 4.58. The van der Waals surface area contributed by atoms with Gasteiger partial charge in [0.05, 0.1) is 12.2 Å². The van der Waals surface area contributed by atoms with Crippen LogP contribution >= 0.6 is 11.3 Å². The van der Waals surface area contributed by atoms with Crippen LogP contribution < -0.4 is 5.32 Å². The molecule has 1 heterocycles. The fraction of sp³-hybridized carbons (Fsp3) is 0.636. The van der Waals surface area contributed by atoms with Crippen molar-refractivity contribution in [2.75, 3.05) is 20.2 Å². The Morgan fingerprint density at radius 3 is 2.86 bits per heavy atom. The Balaban J connectivity index is 2.20. The lowest BCUT2D eigenvalue weighted by molar-refractivity contribution is -0.0131. The maximum atomic E-state index is 5.79. The average molecular weight is 213 g/mol. The molecule has 1 aromatic heterocycles. The first-order chi connectivity index (χ1) is 6.64. The van der Waals surface area contributed by atoms with E-state index >= 15 is 0 Å². The maximum absolute atomic E-state index is 5.79. The van der Waals surface area contributed by atoms with Gasteiger partial charge in [0.15, 0.2) is 0 Å². The zero-order valence-corrected chi connectivity index (χ0v) is 9.99. The van der Waals surface area contributed by atoms with Gasteiger partial charge >= 0.3 is 0 Å². The molecule has 1 rings (SSSR count). The first-order valence-corrected chi connectivity index (χ1v) is 5.83. The monoisotopic (exact) mass is 213 g/mol. The van der Waals surface area contributed by atoms with E-state index in [0.29, 0.717) is 0 Å². The number of likely N-dealkylation sites (N-methyl/N-ethyl adjacent to an activating group) is 1. The Bertz CT molecular complexity index is 244. The van der Waals surface area contributed by atoms with E-state index in [2.05, 4.69) is 36.7 Å². The van der Waals surface area contributed by atoms with Crippen LogP contribution in [0.3, 0.4) is 0 Å². The van der Waals surface area contributed by atoms with Crippen molar-refractivity contribution < 1.29 is 4.74 Å². The second-order valence-electron chi connectivity index (χ2n) is 3.97. The SMILES string of the molecule is CNCC(C)(C)OCCc1cccs1. The van der Waals surface area contributed by atoms with Gasteiger partial charge in [-0.1, -0.05) is 6.07 Å². The summed E-state index contributed by atoms with van der Waals surface area (Å²) in [6.07, 6.45) is 1.02. The highest BCUT2D eigenvalue weighted by molar-refractivity contribution is 7.09. The van der Waals surface area contributed by atoms with Crippen LogP contribution in [0.2, 0.25) is 0 Å². The number of nitrogens with one attached hydrogen (secondary N) is 1. The molecule has 0 radical (unpaired) electrons. The van der Waals surface area contributed by atoms with Crippen molar-refractivity contribution in [1.82, 2.24) is 5.32 Å². The molecular weight excluding hydrogens is 194 g/mol. The first-order valence-electron chi connectivity index (χ1n) is 4.95. The topological polar surface area (TPSA) is 21.3 Å². The van der Waals surface area contributed by atoms with E-state index in [4.69, 9.17) is 4.74 Å². The molecule has 0 spiro atoms. The van der Waals surface area contributed by atoms with Gasteiger partial charge in [-0.15, -0.1) is 11.3 Å². The predicted octanol–water partition coefficient (Wildman–Crippen LogP) is 2.31. The highest BCUT2D eigenvalue weighted by atomic mass is 32.1. The van der Waals surface area contributed by atoms with Crippen molar-refractivity contribution in [3.05, 3.63) is 22.4 Å². The van der Waals surface area contributed by atoms with E-state index in [-0.39, 0.29) is 5.60 Å². The van der Waals surface area contributed by atoms with Crippen LogP contribution in [-0.2, 0) is 11.2 Å². The van der Waals surface area contributed by atoms with Crippen LogP contribution in [-0.4, -0.2) is 25.8 Å². The molecule has 0 bridgehead atoms. The van der Waals surface area contributed by atoms with Crippen molar-refractivity contribution >= 4 is 11.3 Å². The number of hydrogen-bond acceptors (Lipinski definition) is 3. The van der Waals surface area contributed by atoms with Gasteiger partial charge in [-0.05, 0) is 32.3 Å². The van der Waals surface area contributed by atoms with E-state index in [1.807, 2.05) is 7.05 Å². The summed E-state index contributed by atoms with van der Waals surface area (Å²) in [5, 5.41) is 5.23. The lowest BCUT2D eigenvalue weighted by Gasteiger charge is -2.24. The van der Waals surface area contributed by atoms with Crippen LogP contribution in [0.15, 0.2) is 17.5 Å². The van der Waals surface area contributed by atoms with E-state index < -0.39 is 0 Å². The molecule has 2 nitrogen and oxygen atoms in total. The molecule has 0 saturated carbocycles. The van der Waals surface area contributed by atoms with Crippen LogP contribution in [0.25, 0.3) is 0 Å². The summed E-state index contributed by atoms with van der Waals surface area (Å²) < 4.78 is 5.79. The molecule has 0 aliphatic carbocycles. The van der Waals surface area contributed by atoms with Crippen LogP contribution in [0.1, 0.15) is 18.7 Å². The number of rotatable bonds is 6. The van der Waals surface area contributed by atoms with Crippen molar-refractivity contribution in [2.45, 2.75) is 25.9 Å². The lowest BCUT2D eigenvalue weighted by atomic mass is 10.1. The van der Waals surface area contributed by atoms with Crippen LogP contribution in [0.4, 0.5) is 0 Å². The van der Waals surface area contributed by atoms with Gasteiger partial charge in [0.2, 0.25) is 0 Å². The first kappa shape index (κ1) is 11.7.